The summed E-state index contributed by atoms with van der Waals surface area (Å²) >= 11 is 0. The Bertz CT molecular complexity index is 840. The Kier molecular flexibility index (Phi) is 3.34. The molecule has 3 rings (SSSR count). The Morgan fingerprint density at radius 2 is 1.65 bits per heavy atom. The van der Waals surface area contributed by atoms with Gasteiger partial charge in [-0.05, 0) is 17.7 Å². The Labute approximate surface area is 129 Å². The number of non-ortho nitro benzene ring substituents is 1. The van der Waals surface area contributed by atoms with Crippen LogP contribution in [0.1, 0.15) is 26.3 Å². The molecule has 0 N–H and O–H groups in total. The molecule has 0 unspecified atom stereocenters. The molecule has 0 fully saturated rings. The second-order valence-corrected chi connectivity index (χ2v) is 4.69. The highest BCUT2D eigenvalue weighted by atomic mass is 16.6. The monoisotopic (exact) mass is 310 g/mol. The first-order chi connectivity index (χ1) is 11.0. The van der Waals surface area contributed by atoms with Crippen LogP contribution in [0.5, 0.6) is 5.75 Å². The smallest absolute Gasteiger partial charge is 0.282 e. The molecular weight excluding hydrogens is 302 g/mol. The highest BCUT2D eigenvalue weighted by molar-refractivity contribution is 6.21. The lowest BCUT2D eigenvalue weighted by atomic mass is 10.1. The van der Waals surface area contributed by atoms with Crippen molar-refractivity contribution < 1.29 is 19.6 Å². The fraction of sp³-hybridized carbons (Fsp3) is 0. The first-order valence-electron chi connectivity index (χ1n) is 6.46. The molecule has 2 amide bonds. The van der Waals surface area contributed by atoms with Crippen LogP contribution in [0, 0.1) is 10.1 Å². The zero-order valence-corrected chi connectivity index (χ0v) is 11.5. The largest absolute Gasteiger partial charge is 0.872 e. The predicted octanol–water partition coefficient (Wildman–Crippen LogP) is 1.30. The van der Waals surface area contributed by atoms with E-state index in [1.807, 2.05) is 0 Å². The van der Waals surface area contributed by atoms with Gasteiger partial charge < -0.3 is 5.11 Å². The van der Waals surface area contributed by atoms with Crippen LogP contribution in [0.4, 0.5) is 5.69 Å². The molecular formula is C15H8N3O5-. The third-order valence-electron chi connectivity index (χ3n) is 3.29. The number of nitrogens with zero attached hydrogens (tertiary/aromatic N) is 3. The van der Waals surface area contributed by atoms with E-state index in [-0.39, 0.29) is 22.4 Å². The fourth-order valence-corrected chi connectivity index (χ4v) is 2.15. The van der Waals surface area contributed by atoms with Gasteiger partial charge in [0.1, 0.15) is 0 Å². The fourth-order valence-electron chi connectivity index (χ4n) is 2.15. The number of hydrazone groups is 1. The van der Waals surface area contributed by atoms with E-state index in [1.165, 1.54) is 12.1 Å². The zero-order valence-electron chi connectivity index (χ0n) is 11.5. The minimum Gasteiger partial charge on any atom is -0.872 e. The van der Waals surface area contributed by atoms with Crippen LogP contribution >= 0.6 is 0 Å². The second kappa shape index (κ2) is 5.34. The second-order valence-electron chi connectivity index (χ2n) is 4.69. The van der Waals surface area contributed by atoms with Crippen LogP contribution in [0.2, 0.25) is 0 Å². The van der Waals surface area contributed by atoms with Crippen LogP contribution < -0.4 is 5.11 Å². The molecule has 114 valence electrons. The minimum atomic E-state index is -0.654. The van der Waals surface area contributed by atoms with Crippen LogP contribution in [0.15, 0.2) is 47.6 Å². The van der Waals surface area contributed by atoms with Gasteiger partial charge in [-0.15, -0.1) is 0 Å². The standard InChI is InChI=1S/C15H9N3O5/c19-13-6-5-10(18(22)23)7-9(13)8-16-17-14(20)11-3-1-2-4-12(11)15(17)21/h1-8,19H/p-1. The van der Waals surface area contributed by atoms with E-state index in [0.29, 0.717) is 5.01 Å². The molecule has 2 aromatic rings. The molecule has 23 heavy (non-hydrogen) atoms. The van der Waals surface area contributed by atoms with Gasteiger partial charge in [0.15, 0.2) is 0 Å². The maximum Gasteiger partial charge on any atom is 0.282 e. The van der Waals surface area contributed by atoms with Crippen molar-refractivity contribution in [3.63, 3.8) is 0 Å². The quantitative estimate of drug-likeness (QED) is 0.366. The molecule has 0 radical (unpaired) electrons. The van der Waals surface area contributed by atoms with Gasteiger partial charge in [0.25, 0.3) is 17.5 Å². The summed E-state index contributed by atoms with van der Waals surface area (Å²) < 4.78 is 0. The van der Waals surface area contributed by atoms with Crippen molar-refractivity contribution in [1.29, 1.82) is 0 Å². The molecule has 0 aromatic heterocycles. The Hall–Kier alpha value is -3.55. The van der Waals surface area contributed by atoms with Gasteiger partial charge in [-0.1, -0.05) is 23.9 Å². The summed E-state index contributed by atoms with van der Waals surface area (Å²) in [6.07, 6.45) is 0.969. The van der Waals surface area contributed by atoms with Gasteiger partial charge in [0.05, 0.1) is 22.3 Å². The Balaban J connectivity index is 1.93. The molecule has 1 aliphatic rings. The molecule has 0 atom stereocenters. The van der Waals surface area contributed by atoms with Crippen molar-refractivity contribution in [2.24, 2.45) is 5.10 Å². The van der Waals surface area contributed by atoms with Gasteiger partial charge >= 0.3 is 0 Å². The molecule has 0 aliphatic carbocycles. The molecule has 8 nitrogen and oxygen atoms in total. The third-order valence-corrected chi connectivity index (χ3v) is 3.29. The van der Waals surface area contributed by atoms with E-state index >= 15 is 0 Å². The topological polar surface area (TPSA) is 116 Å². The van der Waals surface area contributed by atoms with Crippen LogP contribution in [-0.2, 0) is 0 Å². The molecule has 0 bridgehead atoms. The molecule has 1 aliphatic heterocycles. The number of benzene rings is 2. The number of amides is 2. The summed E-state index contributed by atoms with van der Waals surface area (Å²) in [5.41, 5.74) is 0.0660. The highest BCUT2D eigenvalue weighted by Crippen LogP contribution is 2.23. The number of imide groups is 1. The summed E-state index contributed by atoms with van der Waals surface area (Å²) in [4.78, 5) is 34.3. The number of rotatable bonds is 3. The van der Waals surface area contributed by atoms with E-state index in [0.717, 1.165) is 24.4 Å². The number of nitro benzene ring substituents is 1. The first-order valence-corrected chi connectivity index (χ1v) is 6.46. The average molecular weight is 310 g/mol. The molecule has 1 heterocycles. The summed E-state index contributed by atoms with van der Waals surface area (Å²) in [6.45, 7) is 0. The van der Waals surface area contributed by atoms with Gasteiger partial charge in [-0.2, -0.15) is 10.1 Å². The maximum atomic E-state index is 12.1. The molecule has 2 aromatic carbocycles. The SMILES string of the molecule is O=C1c2ccccc2C(=O)N1N=Cc1cc([N+](=O)[O-])ccc1[O-]. The lowest BCUT2D eigenvalue weighted by molar-refractivity contribution is -0.385. The van der Waals surface area contributed by atoms with Crippen molar-refractivity contribution in [1.82, 2.24) is 5.01 Å². The number of nitro groups is 1. The summed E-state index contributed by atoms with van der Waals surface area (Å²) in [5, 5.41) is 26.7. The molecule has 8 heteroatoms. The van der Waals surface area contributed by atoms with E-state index < -0.39 is 22.5 Å². The van der Waals surface area contributed by atoms with Gasteiger partial charge in [-0.25, -0.2) is 0 Å². The lowest BCUT2D eigenvalue weighted by Crippen LogP contribution is -2.24. The van der Waals surface area contributed by atoms with Gasteiger partial charge in [-0.3, -0.25) is 19.7 Å². The van der Waals surface area contributed by atoms with Crippen LogP contribution in [0.25, 0.3) is 0 Å². The number of fused-ring (bicyclic) bond motifs is 1. The van der Waals surface area contributed by atoms with Crippen molar-refractivity contribution in [2.75, 3.05) is 0 Å². The van der Waals surface area contributed by atoms with Gasteiger partial charge in [0, 0.05) is 12.1 Å². The average Bonchev–Trinajstić information content (AvgIpc) is 2.78. The minimum absolute atomic E-state index is 0.0873. The van der Waals surface area contributed by atoms with Crippen molar-refractivity contribution in [3.8, 4) is 5.75 Å². The van der Waals surface area contributed by atoms with E-state index in [4.69, 9.17) is 0 Å². The predicted molar refractivity (Wildman–Crippen MR) is 77.1 cm³/mol. The zero-order chi connectivity index (χ0) is 16.6. The number of carbonyl (C=O) groups is 2. The van der Waals surface area contributed by atoms with Gasteiger partial charge in [0.2, 0.25) is 0 Å². The van der Waals surface area contributed by atoms with E-state index in [9.17, 15) is 24.8 Å². The van der Waals surface area contributed by atoms with Crippen molar-refractivity contribution in [2.45, 2.75) is 0 Å². The van der Waals surface area contributed by atoms with Crippen LogP contribution in [0.3, 0.4) is 0 Å². The molecule has 0 spiro atoms. The summed E-state index contributed by atoms with van der Waals surface area (Å²) in [5.74, 6) is -1.73. The summed E-state index contributed by atoms with van der Waals surface area (Å²) in [7, 11) is 0. The van der Waals surface area contributed by atoms with E-state index in [1.54, 1.807) is 12.1 Å². The first kappa shape index (κ1) is 14.4. The van der Waals surface area contributed by atoms with Crippen LogP contribution in [-0.4, -0.2) is 28.0 Å². The lowest BCUT2D eigenvalue weighted by Gasteiger charge is -2.10. The number of hydrogen-bond acceptors (Lipinski definition) is 6. The Morgan fingerprint density at radius 3 is 2.22 bits per heavy atom. The summed E-state index contributed by atoms with van der Waals surface area (Å²) in [6, 6.07) is 9.36. The molecule has 0 saturated heterocycles. The normalized spacial score (nSPS) is 13.7. The molecule has 0 saturated carbocycles. The number of hydrogen-bond donors (Lipinski definition) is 0. The maximum absolute atomic E-state index is 12.1. The number of carbonyl (C=O) groups excluding carboxylic acids is 2. The Morgan fingerprint density at radius 1 is 1.04 bits per heavy atom. The van der Waals surface area contributed by atoms with Crippen molar-refractivity contribution in [3.05, 3.63) is 69.3 Å². The highest BCUT2D eigenvalue weighted by Gasteiger charge is 2.35. The van der Waals surface area contributed by atoms with Crippen molar-refractivity contribution >= 4 is 23.7 Å². The third kappa shape index (κ3) is 2.42. The van der Waals surface area contributed by atoms with E-state index in [2.05, 4.69) is 5.10 Å².